The highest BCUT2D eigenvalue weighted by Crippen LogP contribution is 2.23. The van der Waals surface area contributed by atoms with Gasteiger partial charge in [0.25, 0.3) is 5.91 Å². The average molecular weight is 449 g/mol. The Kier molecular flexibility index (Phi) is 7.11. The number of anilines is 1. The topological polar surface area (TPSA) is 122 Å². The number of pyridine rings is 1. The fourth-order valence-electron chi connectivity index (χ4n) is 3.27. The van der Waals surface area contributed by atoms with Gasteiger partial charge in [0.1, 0.15) is 0 Å². The van der Waals surface area contributed by atoms with E-state index in [-0.39, 0.29) is 22.6 Å². The number of nitrogens with two attached hydrogens (primary N) is 1. The fourth-order valence-corrected chi connectivity index (χ4v) is 4.43. The second kappa shape index (κ2) is 9.59. The number of primary sulfonamides is 1. The molecule has 1 aromatic heterocycles. The van der Waals surface area contributed by atoms with Gasteiger partial charge < -0.3 is 10.2 Å². The predicted octanol–water partition coefficient (Wildman–Crippen LogP) is 2.33. The van der Waals surface area contributed by atoms with Gasteiger partial charge in [-0.3, -0.25) is 9.59 Å². The Morgan fingerprint density at radius 3 is 2.47 bits per heavy atom. The van der Waals surface area contributed by atoms with Gasteiger partial charge in [-0.15, -0.1) is 11.8 Å². The number of carbonyl (C=O) groups excluding carboxylic acids is 2. The number of rotatable bonds is 6. The third-order valence-electron chi connectivity index (χ3n) is 4.88. The zero-order chi connectivity index (χ0) is 21.7. The molecule has 0 radical (unpaired) electrons. The van der Waals surface area contributed by atoms with Crippen LogP contribution in [0.1, 0.15) is 30.1 Å². The fraction of sp³-hybridized carbons (Fsp3) is 0.350. The molecule has 0 atom stereocenters. The second-order valence-electron chi connectivity index (χ2n) is 6.94. The van der Waals surface area contributed by atoms with Crippen molar-refractivity contribution in [1.29, 1.82) is 0 Å². The number of carbonyl (C=O) groups is 2. The highest BCUT2D eigenvalue weighted by atomic mass is 32.2. The highest BCUT2D eigenvalue weighted by molar-refractivity contribution is 7.99. The van der Waals surface area contributed by atoms with Gasteiger partial charge in [0.05, 0.1) is 9.92 Å². The summed E-state index contributed by atoms with van der Waals surface area (Å²) in [6, 6.07) is 9.24. The molecule has 8 nitrogen and oxygen atoms in total. The van der Waals surface area contributed by atoms with E-state index < -0.39 is 10.0 Å². The minimum Gasteiger partial charge on any atom is -0.339 e. The summed E-state index contributed by atoms with van der Waals surface area (Å²) in [5, 5.41) is 8.70. The lowest BCUT2D eigenvalue weighted by Crippen LogP contribution is -2.41. The van der Waals surface area contributed by atoms with Gasteiger partial charge in [0.2, 0.25) is 15.9 Å². The van der Waals surface area contributed by atoms with E-state index in [1.807, 2.05) is 6.92 Å². The molecule has 0 bridgehead atoms. The SMILES string of the molecule is CCSc1cc(C(=O)N2CCC(C(=O)Nc3ccc(S(N)(=O)=O)cc3)CC2)ccn1. The molecule has 2 amide bonds. The van der Waals surface area contributed by atoms with Crippen LogP contribution in [0.15, 0.2) is 52.5 Å². The Morgan fingerprint density at radius 2 is 1.87 bits per heavy atom. The van der Waals surface area contributed by atoms with Crippen molar-refractivity contribution in [2.45, 2.75) is 29.7 Å². The number of piperidine rings is 1. The van der Waals surface area contributed by atoms with Crippen molar-refractivity contribution in [1.82, 2.24) is 9.88 Å². The first kappa shape index (κ1) is 22.3. The molecule has 160 valence electrons. The van der Waals surface area contributed by atoms with Crippen molar-refractivity contribution in [2.75, 3.05) is 24.2 Å². The van der Waals surface area contributed by atoms with E-state index in [0.29, 0.717) is 37.2 Å². The molecule has 3 rings (SSSR count). The van der Waals surface area contributed by atoms with Crippen LogP contribution in [0.4, 0.5) is 5.69 Å². The maximum Gasteiger partial charge on any atom is 0.254 e. The molecular weight excluding hydrogens is 424 g/mol. The summed E-state index contributed by atoms with van der Waals surface area (Å²) in [6.07, 6.45) is 2.77. The largest absolute Gasteiger partial charge is 0.339 e. The van der Waals surface area contributed by atoms with Gasteiger partial charge in [0, 0.05) is 36.5 Å². The molecule has 1 aliphatic rings. The Labute approximate surface area is 180 Å². The molecule has 1 aliphatic heterocycles. The minimum absolute atomic E-state index is 0.0103. The van der Waals surface area contributed by atoms with Gasteiger partial charge in [-0.2, -0.15) is 0 Å². The second-order valence-corrected chi connectivity index (χ2v) is 9.79. The van der Waals surface area contributed by atoms with Gasteiger partial charge in [-0.1, -0.05) is 6.92 Å². The van der Waals surface area contributed by atoms with E-state index in [4.69, 9.17) is 5.14 Å². The predicted molar refractivity (Wildman–Crippen MR) is 116 cm³/mol. The highest BCUT2D eigenvalue weighted by Gasteiger charge is 2.28. The Balaban J connectivity index is 1.55. The lowest BCUT2D eigenvalue weighted by atomic mass is 9.95. The third-order valence-corrected chi connectivity index (χ3v) is 6.61. The Morgan fingerprint density at radius 1 is 1.20 bits per heavy atom. The number of aromatic nitrogens is 1. The molecule has 0 unspecified atom stereocenters. The van der Waals surface area contributed by atoms with Crippen LogP contribution in [0.3, 0.4) is 0 Å². The van der Waals surface area contributed by atoms with Crippen LogP contribution in [-0.4, -0.2) is 49.0 Å². The maximum atomic E-state index is 12.8. The first-order valence-electron chi connectivity index (χ1n) is 9.60. The van der Waals surface area contributed by atoms with Crippen molar-refractivity contribution in [2.24, 2.45) is 11.1 Å². The zero-order valence-corrected chi connectivity index (χ0v) is 18.2. The summed E-state index contributed by atoms with van der Waals surface area (Å²) in [5.74, 6) is 0.482. The maximum absolute atomic E-state index is 12.8. The average Bonchev–Trinajstić information content (AvgIpc) is 2.73. The molecule has 1 saturated heterocycles. The van der Waals surface area contributed by atoms with Crippen LogP contribution >= 0.6 is 11.8 Å². The van der Waals surface area contributed by atoms with E-state index in [2.05, 4.69) is 10.3 Å². The van der Waals surface area contributed by atoms with Crippen molar-refractivity contribution in [3.8, 4) is 0 Å². The molecule has 10 heteroatoms. The van der Waals surface area contributed by atoms with Crippen LogP contribution < -0.4 is 10.5 Å². The summed E-state index contributed by atoms with van der Waals surface area (Å²) >= 11 is 1.59. The Bertz CT molecular complexity index is 1020. The molecule has 1 aromatic carbocycles. The molecule has 3 N–H and O–H groups in total. The molecule has 2 heterocycles. The van der Waals surface area contributed by atoms with Crippen molar-refractivity contribution < 1.29 is 18.0 Å². The summed E-state index contributed by atoms with van der Waals surface area (Å²) in [4.78, 5) is 31.3. The van der Waals surface area contributed by atoms with Crippen LogP contribution in [0.2, 0.25) is 0 Å². The van der Waals surface area contributed by atoms with Crippen molar-refractivity contribution >= 4 is 39.3 Å². The number of sulfonamides is 1. The molecule has 0 saturated carbocycles. The van der Waals surface area contributed by atoms with Crippen LogP contribution in [0, 0.1) is 5.92 Å². The number of hydrogen-bond donors (Lipinski definition) is 2. The standard InChI is InChI=1S/C20H24N4O4S2/c1-2-29-18-13-15(7-10-22-18)20(26)24-11-8-14(9-12-24)19(25)23-16-3-5-17(6-4-16)30(21,27)28/h3-7,10,13-14H,2,8-9,11-12H2,1H3,(H,23,25)(H2,21,27,28). The first-order valence-corrected chi connectivity index (χ1v) is 12.1. The zero-order valence-electron chi connectivity index (χ0n) is 16.6. The summed E-state index contributed by atoms with van der Waals surface area (Å²) in [6.45, 7) is 3.03. The van der Waals surface area contributed by atoms with Gasteiger partial charge in [0.15, 0.2) is 0 Å². The quantitative estimate of drug-likeness (QED) is 0.654. The molecule has 30 heavy (non-hydrogen) atoms. The van der Waals surface area contributed by atoms with E-state index in [9.17, 15) is 18.0 Å². The smallest absolute Gasteiger partial charge is 0.254 e. The molecule has 0 spiro atoms. The number of amides is 2. The van der Waals surface area contributed by atoms with Gasteiger partial charge in [-0.05, 0) is 55.0 Å². The molecule has 0 aliphatic carbocycles. The van der Waals surface area contributed by atoms with Crippen molar-refractivity contribution in [3.05, 3.63) is 48.2 Å². The lowest BCUT2D eigenvalue weighted by Gasteiger charge is -2.31. The van der Waals surface area contributed by atoms with Crippen LogP contribution in [-0.2, 0) is 14.8 Å². The summed E-state index contributed by atoms with van der Waals surface area (Å²) in [7, 11) is -3.77. The molecule has 1 fully saturated rings. The number of hydrogen-bond acceptors (Lipinski definition) is 6. The van der Waals surface area contributed by atoms with E-state index >= 15 is 0 Å². The van der Waals surface area contributed by atoms with E-state index in [1.54, 1.807) is 35.0 Å². The third kappa shape index (κ3) is 5.59. The van der Waals surface area contributed by atoms with Crippen molar-refractivity contribution in [3.63, 3.8) is 0 Å². The van der Waals surface area contributed by atoms with Crippen LogP contribution in [0.5, 0.6) is 0 Å². The number of benzene rings is 1. The number of thioether (sulfide) groups is 1. The number of nitrogens with one attached hydrogen (secondary N) is 1. The Hall–Kier alpha value is -2.43. The summed E-state index contributed by atoms with van der Waals surface area (Å²) < 4.78 is 22.6. The van der Waals surface area contributed by atoms with Crippen LogP contribution in [0.25, 0.3) is 0 Å². The van der Waals surface area contributed by atoms with E-state index in [0.717, 1.165) is 10.8 Å². The van der Waals surface area contributed by atoms with Gasteiger partial charge in [-0.25, -0.2) is 18.5 Å². The summed E-state index contributed by atoms with van der Waals surface area (Å²) in [5.41, 5.74) is 1.11. The number of nitrogens with zero attached hydrogens (tertiary/aromatic N) is 2. The van der Waals surface area contributed by atoms with Gasteiger partial charge >= 0.3 is 0 Å². The minimum atomic E-state index is -3.77. The first-order chi connectivity index (χ1) is 14.3. The molecular formula is C20H24N4O4S2. The molecule has 2 aromatic rings. The lowest BCUT2D eigenvalue weighted by molar-refractivity contribution is -0.121. The van der Waals surface area contributed by atoms with E-state index in [1.165, 1.54) is 24.3 Å². The monoisotopic (exact) mass is 448 g/mol. The normalized spacial score (nSPS) is 15.1. The number of likely N-dealkylation sites (tertiary alicyclic amines) is 1.